The van der Waals surface area contributed by atoms with Gasteiger partial charge in [-0.05, 0) is 44.4 Å². The fourth-order valence-electron chi connectivity index (χ4n) is 2.44. The van der Waals surface area contributed by atoms with E-state index in [-0.39, 0.29) is 12.2 Å². The van der Waals surface area contributed by atoms with Crippen LogP contribution in [-0.4, -0.2) is 36.0 Å². The molecule has 1 saturated heterocycles. The molecule has 0 aromatic heterocycles. The number of benzene rings is 1. The Bertz CT molecular complexity index is 530. The molecule has 1 atom stereocenters. The van der Waals surface area contributed by atoms with Gasteiger partial charge in [-0.1, -0.05) is 6.07 Å². The molecule has 0 saturated carbocycles. The molecule has 1 fully saturated rings. The largest absolute Gasteiger partial charge is 0.464 e. The van der Waals surface area contributed by atoms with Crippen LogP contribution in [0.25, 0.3) is 0 Å². The van der Waals surface area contributed by atoms with Crippen molar-refractivity contribution in [2.75, 3.05) is 13.2 Å². The van der Waals surface area contributed by atoms with E-state index >= 15 is 0 Å². The van der Waals surface area contributed by atoms with Crippen molar-refractivity contribution in [1.29, 1.82) is 0 Å². The van der Waals surface area contributed by atoms with Gasteiger partial charge in [-0.25, -0.2) is 9.18 Å². The molecule has 0 bridgehead atoms. The number of aryl methyl sites for hydroxylation is 1. The van der Waals surface area contributed by atoms with Crippen molar-refractivity contribution < 1.29 is 18.7 Å². The van der Waals surface area contributed by atoms with E-state index in [4.69, 9.17) is 4.74 Å². The molecule has 1 aromatic carbocycles. The second-order valence-corrected chi connectivity index (χ2v) is 4.89. The second kappa shape index (κ2) is 6.03. The molecule has 2 rings (SSSR count). The molecule has 1 heterocycles. The van der Waals surface area contributed by atoms with Crippen LogP contribution in [0.4, 0.5) is 4.39 Å². The highest BCUT2D eigenvalue weighted by Crippen LogP contribution is 2.22. The normalized spacial score (nSPS) is 18.1. The highest BCUT2D eigenvalue weighted by molar-refractivity contribution is 5.97. The van der Waals surface area contributed by atoms with E-state index in [1.165, 1.54) is 17.0 Å². The van der Waals surface area contributed by atoms with Crippen molar-refractivity contribution in [3.8, 4) is 0 Å². The summed E-state index contributed by atoms with van der Waals surface area (Å²) in [5.41, 5.74) is 0.759. The summed E-state index contributed by atoms with van der Waals surface area (Å²) < 4.78 is 18.8. The number of carbonyl (C=O) groups is 2. The monoisotopic (exact) mass is 279 g/mol. The van der Waals surface area contributed by atoms with Gasteiger partial charge in [0.15, 0.2) is 0 Å². The van der Waals surface area contributed by atoms with Gasteiger partial charge in [-0.15, -0.1) is 0 Å². The number of ether oxygens (including phenoxy) is 1. The first-order chi connectivity index (χ1) is 9.54. The number of hydrogen-bond acceptors (Lipinski definition) is 3. The summed E-state index contributed by atoms with van der Waals surface area (Å²) in [6.45, 7) is 4.21. The van der Waals surface area contributed by atoms with Gasteiger partial charge in [0, 0.05) is 6.54 Å². The van der Waals surface area contributed by atoms with E-state index < -0.39 is 23.7 Å². The minimum absolute atomic E-state index is 0.00629. The third kappa shape index (κ3) is 2.81. The Labute approximate surface area is 117 Å². The van der Waals surface area contributed by atoms with Gasteiger partial charge in [0.05, 0.1) is 12.2 Å². The summed E-state index contributed by atoms with van der Waals surface area (Å²) in [5, 5.41) is 0. The zero-order chi connectivity index (χ0) is 14.7. The van der Waals surface area contributed by atoms with Gasteiger partial charge in [0.25, 0.3) is 5.91 Å². The molecule has 0 spiro atoms. The lowest BCUT2D eigenvalue weighted by atomic mass is 10.1. The van der Waals surface area contributed by atoms with E-state index in [1.54, 1.807) is 19.9 Å². The molecule has 108 valence electrons. The quantitative estimate of drug-likeness (QED) is 0.798. The zero-order valence-electron chi connectivity index (χ0n) is 11.7. The number of likely N-dealkylation sites (tertiary alicyclic amines) is 1. The van der Waals surface area contributed by atoms with Crippen LogP contribution in [0.3, 0.4) is 0 Å². The van der Waals surface area contributed by atoms with E-state index in [0.717, 1.165) is 12.0 Å². The van der Waals surface area contributed by atoms with E-state index in [1.807, 2.05) is 0 Å². The van der Waals surface area contributed by atoms with Crippen LogP contribution < -0.4 is 0 Å². The van der Waals surface area contributed by atoms with Crippen LogP contribution in [0.15, 0.2) is 18.2 Å². The van der Waals surface area contributed by atoms with Crippen molar-refractivity contribution in [3.05, 3.63) is 35.1 Å². The van der Waals surface area contributed by atoms with Crippen LogP contribution in [0.5, 0.6) is 0 Å². The lowest BCUT2D eigenvalue weighted by molar-refractivity contribution is -0.147. The lowest BCUT2D eigenvalue weighted by Crippen LogP contribution is -2.41. The maximum atomic E-state index is 13.9. The predicted molar refractivity (Wildman–Crippen MR) is 71.8 cm³/mol. The summed E-state index contributed by atoms with van der Waals surface area (Å²) in [6.07, 6.45) is 1.29. The molecular formula is C15H18FNO3. The summed E-state index contributed by atoms with van der Waals surface area (Å²) in [7, 11) is 0. The molecule has 0 N–H and O–H groups in total. The fraction of sp³-hybridized carbons (Fsp3) is 0.467. The van der Waals surface area contributed by atoms with Gasteiger partial charge in [0.1, 0.15) is 11.9 Å². The Morgan fingerprint density at radius 2 is 2.20 bits per heavy atom. The van der Waals surface area contributed by atoms with Gasteiger partial charge in [-0.3, -0.25) is 4.79 Å². The first-order valence-corrected chi connectivity index (χ1v) is 6.78. The van der Waals surface area contributed by atoms with Gasteiger partial charge in [-0.2, -0.15) is 0 Å². The summed E-state index contributed by atoms with van der Waals surface area (Å²) in [4.78, 5) is 25.6. The molecule has 5 heteroatoms. The van der Waals surface area contributed by atoms with Gasteiger partial charge >= 0.3 is 5.97 Å². The molecule has 1 unspecified atom stereocenters. The predicted octanol–water partition coefficient (Wildman–Crippen LogP) is 2.30. The Morgan fingerprint density at radius 1 is 1.45 bits per heavy atom. The number of halogens is 1. The Kier molecular flexibility index (Phi) is 4.37. The fourth-order valence-corrected chi connectivity index (χ4v) is 2.44. The number of hydrogen-bond donors (Lipinski definition) is 0. The third-order valence-corrected chi connectivity index (χ3v) is 3.43. The molecule has 0 aliphatic carbocycles. The number of rotatable bonds is 3. The summed E-state index contributed by atoms with van der Waals surface area (Å²) in [6, 6.07) is 3.88. The van der Waals surface area contributed by atoms with Crippen LogP contribution in [-0.2, 0) is 9.53 Å². The van der Waals surface area contributed by atoms with Crippen molar-refractivity contribution >= 4 is 11.9 Å². The average molecular weight is 279 g/mol. The van der Waals surface area contributed by atoms with E-state index in [2.05, 4.69) is 0 Å². The standard InChI is InChI=1S/C15H18FNO3/c1-3-20-15(19)13-5-4-8-17(13)14(18)11-7-6-10(2)9-12(11)16/h6-7,9,13H,3-5,8H2,1-2H3. The smallest absolute Gasteiger partial charge is 0.328 e. The average Bonchev–Trinajstić information content (AvgIpc) is 2.87. The van der Waals surface area contributed by atoms with Crippen LogP contribution in [0.2, 0.25) is 0 Å². The minimum Gasteiger partial charge on any atom is -0.464 e. The number of carbonyl (C=O) groups excluding carboxylic acids is 2. The number of amides is 1. The number of nitrogens with zero attached hydrogens (tertiary/aromatic N) is 1. The molecular weight excluding hydrogens is 261 g/mol. The molecule has 4 nitrogen and oxygen atoms in total. The molecule has 20 heavy (non-hydrogen) atoms. The van der Waals surface area contributed by atoms with Crippen molar-refractivity contribution in [2.24, 2.45) is 0 Å². The SMILES string of the molecule is CCOC(=O)C1CCCN1C(=O)c1ccc(C)cc1F. The minimum atomic E-state index is -0.594. The van der Waals surface area contributed by atoms with E-state index in [0.29, 0.717) is 13.0 Å². The first-order valence-electron chi connectivity index (χ1n) is 6.78. The highest BCUT2D eigenvalue weighted by atomic mass is 19.1. The van der Waals surface area contributed by atoms with Crippen LogP contribution in [0.1, 0.15) is 35.7 Å². The molecule has 1 amide bonds. The maximum Gasteiger partial charge on any atom is 0.328 e. The maximum absolute atomic E-state index is 13.9. The van der Waals surface area contributed by atoms with E-state index in [9.17, 15) is 14.0 Å². The molecule has 1 aromatic rings. The molecule has 1 aliphatic rings. The van der Waals surface area contributed by atoms with Crippen LogP contribution in [0, 0.1) is 12.7 Å². The zero-order valence-corrected chi connectivity index (χ0v) is 11.7. The second-order valence-electron chi connectivity index (χ2n) is 4.89. The van der Waals surface area contributed by atoms with Crippen molar-refractivity contribution in [1.82, 2.24) is 4.90 Å². The summed E-state index contributed by atoms with van der Waals surface area (Å²) >= 11 is 0. The number of esters is 1. The van der Waals surface area contributed by atoms with Crippen molar-refractivity contribution in [2.45, 2.75) is 32.7 Å². The van der Waals surface area contributed by atoms with Crippen LogP contribution >= 0.6 is 0 Å². The highest BCUT2D eigenvalue weighted by Gasteiger charge is 2.36. The topological polar surface area (TPSA) is 46.6 Å². The third-order valence-electron chi connectivity index (χ3n) is 3.43. The Hall–Kier alpha value is -1.91. The van der Waals surface area contributed by atoms with Crippen molar-refractivity contribution in [3.63, 3.8) is 0 Å². The summed E-state index contributed by atoms with van der Waals surface area (Å²) in [5.74, 6) is -1.41. The van der Waals surface area contributed by atoms with Gasteiger partial charge < -0.3 is 9.64 Å². The molecule has 1 aliphatic heterocycles. The lowest BCUT2D eigenvalue weighted by Gasteiger charge is -2.23. The first kappa shape index (κ1) is 14.5. The Morgan fingerprint density at radius 3 is 2.85 bits per heavy atom. The molecule has 0 radical (unpaired) electrons. The van der Waals surface area contributed by atoms with Gasteiger partial charge in [0.2, 0.25) is 0 Å². The Balaban J connectivity index is 2.21.